The number of hydrogen-bond donors (Lipinski definition) is 3. The third-order valence-electron chi connectivity index (χ3n) is 3.74. The van der Waals surface area contributed by atoms with E-state index in [2.05, 4.69) is 20.3 Å². The molecule has 2 amide bonds. The highest BCUT2D eigenvalue weighted by atomic mass is 32.2. The third kappa shape index (κ3) is 5.45. The molecule has 0 saturated heterocycles. The first kappa shape index (κ1) is 20.2. The molecule has 0 aliphatic rings. The second-order valence-electron chi connectivity index (χ2n) is 5.73. The number of hydrogen-bond acceptors (Lipinski definition) is 5. The van der Waals surface area contributed by atoms with Gasteiger partial charge in [-0.2, -0.15) is 0 Å². The minimum absolute atomic E-state index is 0.00984. The van der Waals surface area contributed by atoms with Gasteiger partial charge in [0, 0.05) is 11.3 Å². The van der Waals surface area contributed by atoms with E-state index >= 15 is 0 Å². The van der Waals surface area contributed by atoms with Crippen molar-refractivity contribution in [1.29, 1.82) is 0 Å². The number of benzene rings is 2. The van der Waals surface area contributed by atoms with E-state index in [1.165, 1.54) is 24.3 Å². The lowest BCUT2D eigenvalue weighted by Crippen LogP contribution is -2.41. The van der Waals surface area contributed by atoms with Crippen LogP contribution in [0.25, 0.3) is 0 Å². The van der Waals surface area contributed by atoms with Crippen LogP contribution in [0, 0.1) is 13.8 Å². The Hall–Kier alpha value is -3.07. The first-order chi connectivity index (χ1) is 12.7. The van der Waals surface area contributed by atoms with Gasteiger partial charge in [-0.3, -0.25) is 14.9 Å². The van der Waals surface area contributed by atoms with Crippen LogP contribution in [0.1, 0.15) is 28.4 Å². The summed E-state index contributed by atoms with van der Waals surface area (Å²) in [5, 5.41) is 0. The molecule has 0 bridgehead atoms. The second-order valence-corrected chi connectivity index (χ2v) is 7.41. The number of nitrogens with one attached hydrogen (secondary N) is 3. The maximum atomic E-state index is 12.5. The summed E-state index contributed by atoms with van der Waals surface area (Å²) >= 11 is 0. The van der Waals surface area contributed by atoms with Crippen molar-refractivity contribution >= 4 is 27.7 Å². The highest BCUT2D eigenvalue weighted by Crippen LogP contribution is 2.19. The Kier molecular flexibility index (Phi) is 6.40. The van der Waals surface area contributed by atoms with Crippen LogP contribution in [0.2, 0.25) is 0 Å². The summed E-state index contributed by atoms with van der Waals surface area (Å²) in [7, 11) is -3.79. The first-order valence-corrected chi connectivity index (χ1v) is 9.64. The Labute approximate surface area is 157 Å². The summed E-state index contributed by atoms with van der Waals surface area (Å²) in [4.78, 5) is 23.1. The smallest absolute Gasteiger partial charge is 0.426 e. The normalized spacial score (nSPS) is 10.8. The van der Waals surface area contributed by atoms with Crippen LogP contribution < -0.4 is 15.6 Å². The fourth-order valence-corrected chi connectivity index (χ4v) is 3.20. The Bertz CT molecular complexity index is 940. The minimum Gasteiger partial charge on any atom is -0.449 e. The second kappa shape index (κ2) is 8.54. The van der Waals surface area contributed by atoms with Gasteiger partial charge in [0.1, 0.15) is 0 Å². The molecular formula is C18H21N3O5S. The van der Waals surface area contributed by atoms with Crippen LogP contribution in [-0.2, 0) is 14.8 Å². The predicted octanol–water partition coefficient (Wildman–Crippen LogP) is 2.50. The van der Waals surface area contributed by atoms with Crippen LogP contribution in [0.5, 0.6) is 0 Å². The van der Waals surface area contributed by atoms with Crippen molar-refractivity contribution in [3.8, 4) is 0 Å². The fraction of sp³-hybridized carbons (Fsp3) is 0.222. The highest BCUT2D eigenvalue weighted by molar-refractivity contribution is 7.92. The molecule has 0 saturated carbocycles. The van der Waals surface area contributed by atoms with E-state index in [9.17, 15) is 18.0 Å². The van der Waals surface area contributed by atoms with Crippen molar-refractivity contribution in [1.82, 2.24) is 10.9 Å². The quantitative estimate of drug-likeness (QED) is 0.678. The Morgan fingerprint density at radius 2 is 1.63 bits per heavy atom. The summed E-state index contributed by atoms with van der Waals surface area (Å²) in [6, 6.07) is 10.6. The monoisotopic (exact) mass is 391 g/mol. The fourth-order valence-electron chi connectivity index (χ4n) is 2.15. The largest absolute Gasteiger partial charge is 0.449 e. The van der Waals surface area contributed by atoms with E-state index in [0.717, 1.165) is 11.1 Å². The number of amides is 2. The molecule has 0 heterocycles. The maximum Gasteiger partial charge on any atom is 0.426 e. The Morgan fingerprint density at radius 3 is 2.22 bits per heavy atom. The highest BCUT2D eigenvalue weighted by Gasteiger charge is 2.16. The number of carbonyl (C=O) groups excluding carboxylic acids is 2. The summed E-state index contributed by atoms with van der Waals surface area (Å²) in [6.45, 7) is 5.63. The van der Waals surface area contributed by atoms with Crippen LogP contribution in [0.15, 0.2) is 47.4 Å². The van der Waals surface area contributed by atoms with Gasteiger partial charge in [-0.25, -0.2) is 18.6 Å². The number of ether oxygens (including phenoxy) is 1. The van der Waals surface area contributed by atoms with Gasteiger partial charge >= 0.3 is 6.09 Å². The van der Waals surface area contributed by atoms with Crippen molar-refractivity contribution in [3.05, 3.63) is 59.2 Å². The van der Waals surface area contributed by atoms with E-state index in [4.69, 9.17) is 0 Å². The van der Waals surface area contributed by atoms with E-state index in [0.29, 0.717) is 5.69 Å². The topological polar surface area (TPSA) is 114 Å². The molecule has 0 fully saturated rings. The average Bonchev–Trinajstić information content (AvgIpc) is 2.63. The number of hydrazine groups is 1. The van der Waals surface area contributed by atoms with E-state index in [1.54, 1.807) is 19.1 Å². The van der Waals surface area contributed by atoms with Crippen LogP contribution >= 0.6 is 0 Å². The molecule has 2 aromatic carbocycles. The van der Waals surface area contributed by atoms with Gasteiger partial charge in [-0.15, -0.1) is 0 Å². The molecule has 0 aromatic heterocycles. The molecule has 9 heteroatoms. The van der Waals surface area contributed by atoms with Crippen molar-refractivity contribution in [2.75, 3.05) is 11.3 Å². The van der Waals surface area contributed by atoms with Gasteiger partial charge in [-0.05, 0) is 68.3 Å². The lowest BCUT2D eigenvalue weighted by atomic mass is 10.1. The SMILES string of the molecule is CCOC(=O)NNC(=O)c1ccc(S(=O)(=O)Nc2ccc(C)c(C)c2)cc1. The molecule has 2 rings (SSSR count). The van der Waals surface area contributed by atoms with E-state index in [-0.39, 0.29) is 17.1 Å². The van der Waals surface area contributed by atoms with Gasteiger partial charge in [0.2, 0.25) is 0 Å². The van der Waals surface area contributed by atoms with Crippen LogP contribution in [0.4, 0.5) is 10.5 Å². The zero-order valence-electron chi connectivity index (χ0n) is 15.2. The van der Waals surface area contributed by atoms with Crippen LogP contribution in [0.3, 0.4) is 0 Å². The van der Waals surface area contributed by atoms with E-state index < -0.39 is 22.0 Å². The lowest BCUT2D eigenvalue weighted by Gasteiger charge is -2.11. The van der Waals surface area contributed by atoms with Gasteiger partial charge < -0.3 is 4.74 Å². The number of carbonyl (C=O) groups is 2. The molecule has 0 aliphatic carbocycles. The van der Waals surface area contributed by atoms with E-state index in [1.807, 2.05) is 19.9 Å². The molecule has 0 spiro atoms. The van der Waals surface area contributed by atoms with Gasteiger partial charge in [0.15, 0.2) is 0 Å². The molecular weight excluding hydrogens is 370 g/mol. The van der Waals surface area contributed by atoms with Gasteiger partial charge in [0.25, 0.3) is 15.9 Å². The summed E-state index contributed by atoms with van der Waals surface area (Å²) in [5.41, 5.74) is 6.91. The zero-order chi connectivity index (χ0) is 20.0. The van der Waals surface area contributed by atoms with Gasteiger partial charge in [0.05, 0.1) is 11.5 Å². The zero-order valence-corrected chi connectivity index (χ0v) is 16.0. The maximum absolute atomic E-state index is 12.5. The standard InChI is InChI=1S/C18H21N3O5S/c1-4-26-18(23)20-19-17(22)14-6-9-16(10-7-14)27(24,25)21-15-8-5-12(2)13(3)11-15/h5-11,21H,4H2,1-3H3,(H,19,22)(H,20,23). The summed E-state index contributed by atoms with van der Waals surface area (Å²) in [6.07, 6.45) is -0.789. The Morgan fingerprint density at radius 1 is 0.963 bits per heavy atom. The van der Waals surface area contributed by atoms with Crippen molar-refractivity contribution < 1.29 is 22.7 Å². The summed E-state index contributed by atoms with van der Waals surface area (Å²) in [5.74, 6) is -0.603. The third-order valence-corrected chi connectivity index (χ3v) is 5.14. The molecule has 2 aromatic rings. The molecule has 144 valence electrons. The van der Waals surface area contributed by atoms with Crippen molar-refractivity contribution in [2.24, 2.45) is 0 Å². The number of anilines is 1. The molecule has 8 nitrogen and oxygen atoms in total. The number of sulfonamides is 1. The molecule has 0 unspecified atom stereocenters. The average molecular weight is 391 g/mol. The van der Waals surface area contributed by atoms with Crippen LogP contribution in [-0.4, -0.2) is 27.0 Å². The molecule has 27 heavy (non-hydrogen) atoms. The van der Waals surface area contributed by atoms with Crippen molar-refractivity contribution in [3.63, 3.8) is 0 Å². The minimum atomic E-state index is -3.79. The number of aryl methyl sites for hydroxylation is 2. The molecule has 0 radical (unpaired) electrons. The lowest BCUT2D eigenvalue weighted by molar-refractivity contribution is 0.0912. The van der Waals surface area contributed by atoms with Crippen molar-refractivity contribution in [2.45, 2.75) is 25.7 Å². The molecule has 0 aliphatic heterocycles. The predicted molar refractivity (Wildman–Crippen MR) is 101 cm³/mol. The molecule has 3 N–H and O–H groups in total. The summed E-state index contributed by atoms with van der Waals surface area (Å²) < 4.78 is 32.1. The first-order valence-electron chi connectivity index (χ1n) is 8.16. The molecule has 0 atom stereocenters. The number of rotatable bonds is 5. The van der Waals surface area contributed by atoms with Gasteiger partial charge in [-0.1, -0.05) is 6.07 Å². The Balaban J connectivity index is 2.07.